The van der Waals surface area contributed by atoms with Crippen LogP contribution in [0.4, 0.5) is 0 Å². The van der Waals surface area contributed by atoms with Crippen molar-refractivity contribution in [2.45, 2.75) is 31.3 Å². The van der Waals surface area contributed by atoms with Gasteiger partial charge in [-0.3, -0.25) is 4.90 Å². The summed E-state index contributed by atoms with van der Waals surface area (Å²) in [5.41, 5.74) is 9.09. The fraction of sp³-hybridized carbons (Fsp3) is 0.625. The number of hydrogen-bond donors (Lipinski definition) is 1. The number of likely N-dealkylation sites (tertiary alicyclic amines) is 1. The molecule has 3 nitrogen and oxygen atoms in total. The molecule has 104 valence electrons. The molecule has 0 saturated carbocycles. The first-order chi connectivity index (χ1) is 9.29. The van der Waals surface area contributed by atoms with Crippen LogP contribution in [0.2, 0.25) is 0 Å². The lowest BCUT2D eigenvalue weighted by atomic mass is 9.96. The normalized spacial score (nSPS) is 31.4. The molecule has 3 rings (SSSR count). The molecule has 1 saturated heterocycles. The van der Waals surface area contributed by atoms with Crippen molar-refractivity contribution in [2.75, 3.05) is 26.8 Å². The van der Waals surface area contributed by atoms with Crippen LogP contribution in [0.1, 0.15) is 42.5 Å². The molecule has 1 aliphatic carbocycles. The number of nitrogens with zero attached hydrogens (tertiary/aromatic N) is 1. The Bertz CT molecular complexity index is 433. The van der Waals surface area contributed by atoms with Crippen LogP contribution in [-0.4, -0.2) is 31.7 Å². The maximum Gasteiger partial charge on any atom is 0.0502 e. The van der Waals surface area contributed by atoms with Gasteiger partial charge in [0.1, 0.15) is 0 Å². The highest BCUT2D eigenvalue weighted by Gasteiger charge is 2.34. The van der Waals surface area contributed by atoms with E-state index in [0.29, 0.717) is 12.0 Å². The molecule has 1 aliphatic heterocycles. The number of ether oxygens (including phenoxy) is 1. The SMILES string of the molecule is COCC1CCCN(C2CC(N)c3ccccc32)C1. The fourth-order valence-electron chi connectivity index (χ4n) is 3.74. The number of rotatable bonds is 3. The quantitative estimate of drug-likeness (QED) is 0.907. The van der Waals surface area contributed by atoms with Crippen LogP contribution in [-0.2, 0) is 4.74 Å². The predicted molar refractivity (Wildman–Crippen MR) is 76.9 cm³/mol. The molecular formula is C16H24N2O. The van der Waals surface area contributed by atoms with Crippen molar-refractivity contribution in [2.24, 2.45) is 11.7 Å². The van der Waals surface area contributed by atoms with Crippen molar-refractivity contribution in [3.8, 4) is 0 Å². The Balaban J connectivity index is 1.76. The third-order valence-electron chi connectivity index (χ3n) is 4.63. The van der Waals surface area contributed by atoms with Crippen molar-refractivity contribution in [3.63, 3.8) is 0 Å². The van der Waals surface area contributed by atoms with E-state index >= 15 is 0 Å². The standard InChI is InChI=1S/C16H24N2O/c1-19-11-12-5-4-8-18(10-12)16-9-15(17)13-6-2-3-7-14(13)16/h2-3,6-7,12,15-16H,4-5,8-11,17H2,1H3. The summed E-state index contributed by atoms with van der Waals surface area (Å²) in [6.45, 7) is 3.24. The van der Waals surface area contributed by atoms with Gasteiger partial charge in [0, 0.05) is 25.7 Å². The molecule has 0 amide bonds. The molecule has 19 heavy (non-hydrogen) atoms. The van der Waals surface area contributed by atoms with Crippen molar-refractivity contribution < 1.29 is 4.74 Å². The molecule has 3 heteroatoms. The average Bonchev–Trinajstić information content (AvgIpc) is 2.78. The molecule has 1 aromatic carbocycles. The summed E-state index contributed by atoms with van der Waals surface area (Å²) in [7, 11) is 1.81. The summed E-state index contributed by atoms with van der Waals surface area (Å²) in [6, 6.07) is 9.42. The van der Waals surface area contributed by atoms with E-state index in [9.17, 15) is 0 Å². The molecule has 0 bridgehead atoms. The first-order valence-electron chi connectivity index (χ1n) is 7.37. The fourth-order valence-corrected chi connectivity index (χ4v) is 3.74. The summed E-state index contributed by atoms with van der Waals surface area (Å²) in [5, 5.41) is 0. The topological polar surface area (TPSA) is 38.5 Å². The van der Waals surface area contributed by atoms with Gasteiger partial charge in [0.2, 0.25) is 0 Å². The van der Waals surface area contributed by atoms with E-state index in [1.165, 1.54) is 30.5 Å². The van der Waals surface area contributed by atoms with Crippen molar-refractivity contribution >= 4 is 0 Å². The zero-order valence-corrected chi connectivity index (χ0v) is 11.7. The molecule has 0 aromatic heterocycles. The highest BCUT2D eigenvalue weighted by molar-refractivity contribution is 5.37. The molecule has 3 unspecified atom stereocenters. The van der Waals surface area contributed by atoms with Crippen LogP contribution in [0.25, 0.3) is 0 Å². The van der Waals surface area contributed by atoms with E-state index in [-0.39, 0.29) is 6.04 Å². The van der Waals surface area contributed by atoms with Crippen LogP contribution in [0.5, 0.6) is 0 Å². The van der Waals surface area contributed by atoms with Crippen LogP contribution < -0.4 is 5.73 Å². The second-order valence-electron chi connectivity index (χ2n) is 5.95. The number of hydrogen-bond acceptors (Lipinski definition) is 3. The van der Waals surface area contributed by atoms with Crippen molar-refractivity contribution in [1.82, 2.24) is 4.90 Å². The smallest absolute Gasteiger partial charge is 0.0502 e. The lowest BCUT2D eigenvalue weighted by molar-refractivity contribution is 0.0668. The highest BCUT2D eigenvalue weighted by Crippen LogP contribution is 2.42. The van der Waals surface area contributed by atoms with Crippen LogP contribution in [0, 0.1) is 5.92 Å². The van der Waals surface area contributed by atoms with Gasteiger partial charge in [-0.25, -0.2) is 0 Å². The molecule has 3 atom stereocenters. The van der Waals surface area contributed by atoms with Crippen LogP contribution in [0.3, 0.4) is 0 Å². The molecule has 2 N–H and O–H groups in total. The van der Waals surface area contributed by atoms with Crippen molar-refractivity contribution in [3.05, 3.63) is 35.4 Å². The molecule has 1 heterocycles. The Morgan fingerprint density at radius 1 is 1.32 bits per heavy atom. The van der Waals surface area contributed by atoms with Gasteiger partial charge in [-0.15, -0.1) is 0 Å². The Labute approximate surface area is 115 Å². The molecule has 1 fully saturated rings. The number of methoxy groups -OCH3 is 1. The summed E-state index contributed by atoms with van der Waals surface area (Å²) in [5.74, 6) is 0.683. The Morgan fingerprint density at radius 2 is 2.11 bits per heavy atom. The molecule has 1 aromatic rings. The minimum absolute atomic E-state index is 0.212. The van der Waals surface area contributed by atoms with E-state index in [2.05, 4.69) is 29.2 Å². The van der Waals surface area contributed by atoms with Gasteiger partial charge < -0.3 is 10.5 Å². The lowest BCUT2D eigenvalue weighted by Crippen LogP contribution is -2.39. The molecule has 2 aliphatic rings. The van der Waals surface area contributed by atoms with Gasteiger partial charge in [-0.2, -0.15) is 0 Å². The Hall–Kier alpha value is -0.900. The molecule has 0 spiro atoms. The largest absolute Gasteiger partial charge is 0.384 e. The summed E-state index contributed by atoms with van der Waals surface area (Å²) in [6.07, 6.45) is 3.64. The number of fused-ring (bicyclic) bond motifs is 1. The van der Waals surface area contributed by atoms with Crippen LogP contribution in [0.15, 0.2) is 24.3 Å². The van der Waals surface area contributed by atoms with Gasteiger partial charge in [-0.05, 0) is 42.9 Å². The summed E-state index contributed by atoms with van der Waals surface area (Å²) < 4.78 is 5.33. The monoisotopic (exact) mass is 260 g/mol. The van der Waals surface area contributed by atoms with Gasteiger partial charge in [0.25, 0.3) is 0 Å². The second kappa shape index (κ2) is 5.61. The Kier molecular flexibility index (Phi) is 3.87. The lowest BCUT2D eigenvalue weighted by Gasteiger charge is -2.37. The van der Waals surface area contributed by atoms with E-state index in [4.69, 9.17) is 10.5 Å². The first-order valence-corrected chi connectivity index (χ1v) is 7.37. The maximum atomic E-state index is 6.29. The third kappa shape index (κ3) is 2.55. The number of piperidine rings is 1. The van der Waals surface area contributed by atoms with E-state index in [1.54, 1.807) is 7.11 Å². The summed E-state index contributed by atoms with van der Waals surface area (Å²) >= 11 is 0. The van der Waals surface area contributed by atoms with E-state index in [0.717, 1.165) is 19.6 Å². The minimum atomic E-state index is 0.212. The predicted octanol–water partition coefficient (Wildman–Crippen LogP) is 2.49. The van der Waals surface area contributed by atoms with Crippen molar-refractivity contribution in [1.29, 1.82) is 0 Å². The van der Waals surface area contributed by atoms with E-state index < -0.39 is 0 Å². The zero-order chi connectivity index (χ0) is 13.2. The van der Waals surface area contributed by atoms with Gasteiger partial charge in [0.15, 0.2) is 0 Å². The van der Waals surface area contributed by atoms with Crippen LogP contribution >= 0.6 is 0 Å². The number of benzene rings is 1. The Morgan fingerprint density at radius 3 is 2.89 bits per heavy atom. The van der Waals surface area contributed by atoms with Gasteiger partial charge >= 0.3 is 0 Å². The molecule has 0 radical (unpaired) electrons. The maximum absolute atomic E-state index is 6.29. The number of nitrogens with two attached hydrogens (primary N) is 1. The highest BCUT2D eigenvalue weighted by atomic mass is 16.5. The third-order valence-corrected chi connectivity index (χ3v) is 4.63. The zero-order valence-electron chi connectivity index (χ0n) is 11.7. The van der Waals surface area contributed by atoms with Gasteiger partial charge in [0.05, 0.1) is 6.61 Å². The molecular weight excluding hydrogens is 236 g/mol. The van der Waals surface area contributed by atoms with E-state index in [1.807, 2.05) is 0 Å². The average molecular weight is 260 g/mol. The second-order valence-corrected chi connectivity index (χ2v) is 5.95. The van der Waals surface area contributed by atoms with Gasteiger partial charge in [-0.1, -0.05) is 24.3 Å². The summed E-state index contributed by atoms with van der Waals surface area (Å²) in [4.78, 5) is 2.62. The first kappa shape index (κ1) is 13.1. The minimum Gasteiger partial charge on any atom is -0.384 e.